The van der Waals surface area contributed by atoms with Crippen LogP contribution in [0.1, 0.15) is 43.1 Å². The third-order valence-corrected chi connectivity index (χ3v) is 6.80. The SMILES string of the molecule is Cc1cc(CN2C(=O)c3ccc(Cl)cc3NC(=O)C2Cc2ccccn2)ccc1C(=O)Nc1ccc(C#N)cn1. The molecule has 2 aromatic carbocycles. The van der Waals surface area contributed by atoms with Gasteiger partial charge in [0, 0.05) is 41.6 Å². The molecule has 3 amide bonds. The van der Waals surface area contributed by atoms with Gasteiger partial charge in [-0.2, -0.15) is 5.26 Å². The Labute approximate surface area is 235 Å². The van der Waals surface area contributed by atoms with Crippen molar-refractivity contribution < 1.29 is 14.4 Å². The second-order valence-electron chi connectivity index (χ2n) is 9.30. The van der Waals surface area contributed by atoms with Gasteiger partial charge in [-0.25, -0.2) is 4.98 Å². The molecule has 1 aliphatic rings. The van der Waals surface area contributed by atoms with Crippen LogP contribution in [0, 0.1) is 18.3 Å². The summed E-state index contributed by atoms with van der Waals surface area (Å²) in [7, 11) is 0. The molecule has 0 spiro atoms. The van der Waals surface area contributed by atoms with Crippen molar-refractivity contribution in [3.63, 3.8) is 0 Å². The monoisotopic (exact) mass is 550 g/mol. The second kappa shape index (κ2) is 11.4. The quantitative estimate of drug-likeness (QED) is 0.356. The van der Waals surface area contributed by atoms with Crippen LogP contribution in [-0.2, 0) is 17.8 Å². The number of nitrogens with zero attached hydrogens (tertiary/aromatic N) is 4. The molecule has 1 atom stereocenters. The number of amides is 3. The van der Waals surface area contributed by atoms with Gasteiger partial charge < -0.3 is 15.5 Å². The molecule has 3 heterocycles. The van der Waals surface area contributed by atoms with Crippen LogP contribution in [0.5, 0.6) is 0 Å². The third kappa shape index (κ3) is 5.67. The fourth-order valence-corrected chi connectivity index (χ4v) is 4.73. The number of anilines is 2. The number of nitriles is 1. The number of fused-ring (bicyclic) bond motifs is 1. The summed E-state index contributed by atoms with van der Waals surface area (Å²) in [6.45, 7) is 1.93. The van der Waals surface area contributed by atoms with E-state index in [4.69, 9.17) is 16.9 Å². The number of hydrogen-bond donors (Lipinski definition) is 2. The number of aromatic nitrogens is 2. The lowest BCUT2D eigenvalue weighted by atomic mass is 10.0. The number of pyridine rings is 2. The van der Waals surface area contributed by atoms with Crippen LogP contribution >= 0.6 is 11.6 Å². The van der Waals surface area contributed by atoms with E-state index in [1.165, 1.54) is 11.1 Å². The Hall–Kier alpha value is -5.07. The van der Waals surface area contributed by atoms with Crippen molar-refractivity contribution in [3.05, 3.63) is 118 Å². The summed E-state index contributed by atoms with van der Waals surface area (Å²) in [6.07, 6.45) is 3.25. The maximum atomic E-state index is 13.8. The Morgan fingerprint density at radius 1 is 1.10 bits per heavy atom. The molecular formula is C30H23ClN6O3. The fourth-order valence-electron chi connectivity index (χ4n) is 4.56. The minimum absolute atomic E-state index is 0.131. The third-order valence-electron chi connectivity index (χ3n) is 6.56. The van der Waals surface area contributed by atoms with Gasteiger partial charge in [0.1, 0.15) is 17.9 Å². The van der Waals surface area contributed by atoms with Crippen molar-refractivity contribution >= 4 is 40.8 Å². The topological polar surface area (TPSA) is 128 Å². The largest absolute Gasteiger partial charge is 0.323 e. The van der Waals surface area contributed by atoms with E-state index in [0.29, 0.717) is 44.5 Å². The molecular weight excluding hydrogens is 528 g/mol. The molecule has 1 aliphatic heterocycles. The molecule has 0 aliphatic carbocycles. The molecule has 10 heteroatoms. The summed E-state index contributed by atoms with van der Waals surface area (Å²) in [5, 5.41) is 14.9. The number of hydrogen-bond acceptors (Lipinski definition) is 6. The number of carbonyl (C=O) groups is 3. The van der Waals surface area contributed by atoms with Crippen molar-refractivity contribution in [1.29, 1.82) is 5.26 Å². The highest BCUT2D eigenvalue weighted by molar-refractivity contribution is 6.31. The summed E-state index contributed by atoms with van der Waals surface area (Å²) in [4.78, 5) is 50.1. The molecule has 5 rings (SSSR count). The lowest BCUT2D eigenvalue weighted by Crippen LogP contribution is -2.46. The number of aryl methyl sites for hydroxylation is 1. The molecule has 2 N–H and O–H groups in total. The molecule has 1 unspecified atom stereocenters. The number of nitrogens with one attached hydrogen (secondary N) is 2. The van der Waals surface area contributed by atoms with Crippen molar-refractivity contribution in [2.75, 3.05) is 10.6 Å². The van der Waals surface area contributed by atoms with Crippen molar-refractivity contribution in [1.82, 2.24) is 14.9 Å². The van der Waals surface area contributed by atoms with E-state index in [-0.39, 0.29) is 30.7 Å². The molecule has 0 saturated heterocycles. The summed E-state index contributed by atoms with van der Waals surface area (Å²) < 4.78 is 0. The average Bonchev–Trinajstić information content (AvgIpc) is 3.03. The Morgan fingerprint density at radius 3 is 2.65 bits per heavy atom. The van der Waals surface area contributed by atoms with E-state index in [0.717, 1.165) is 5.56 Å². The van der Waals surface area contributed by atoms with Gasteiger partial charge in [0.05, 0.1) is 16.8 Å². The van der Waals surface area contributed by atoms with Crippen LogP contribution in [0.25, 0.3) is 0 Å². The molecule has 2 aromatic heterocycles. The van der Waals surface area contributed by atoms with Crippen LogP contribution in [0.4, 0.5) is 11.5 Å². The van der Waals surface area contributed by atoms with E-state index >= 15 is 0 Å². The van der Waals surface area contributed by atoms with Crippen LogP contribution in [0.15, 0.2) is 79.1 Å². The van der Waals surface area contributed by atoms with Gasteiger partial charge in [-0.3, -0.25) is 19.4 Å². The van der Waals surface area contributed by atoms with Gasteiger partial charge >= 0.3 is 0 Å². The van der Waals surface area contributed by atoms with Crippen LogP contribution in [0.3, 0.4) is 0 Å². The van der Waals surface area contributed by atoms with Gasteiger partial charge in [-0.15, -0.1) is 0 Å². The highest BCUT2D eigenvalue weighted by atomic mass is 35.5. The second-order valence-corrected chi connectivity index (χ2v) is 9.74. The lowest BCUT2D eigenvalue weighted by Gasteiger charge is -2.29. The van der Waals surface area contributed by atoms with E-state index in [1.807, 2.05) is 24.3 Å². The Bertz CT molecular complexity index is 1650. The van der Waals surface area contributed by atoms with Crippen LogP contribution < -0.4 is 10.6 Å². The van der Waals surface area contributed by atoms with E-state index in [2.05, 4.69) is 20.6 Å². The first kappa shape index (κ1) is 26.5. The minimum Gasteiger partial charge on any atom is -0.323 e. The van der Waals surface area contributed by atoms with Crippen LogP contribution in [0.2, 0.25) is 5.02 Å². The standard InChI is InChI=1S/C30H23ClN6O3/c1-18-12-19(5-8-23(18)28(38)36-27-10-6-20(15-32)16-34-27)17-37-26(14-22-4-2-3-11-33-22)29(39)35-25-13-21(31)7-9-24(25)30(37)40/h2-13,16,26H,14,17H2,1H3,(H,35,39)(H,34,36,38). The summed E-state index contributed by atoms with van der Waals surface area (Å²) in [5.41, 5.74) is 3.62. The summed E-state index contributed by atoms with van der Waals surface area (Å²) in [6, 6.07) is 19.7. The maximum absolute atomic E-state index is 13.8. The highest BCUT2D eigenvalue weighted by Gasteiger charge is 2.36. The smallest absolute Gasteiger partial charge is 0.257 e. The minimum atomic E-state index is -0.834. The number of halogens is 1. The van der Waals surface area contributed by atoms with Gasteiger partial charge in [-0.05, 0) is 66.6 Å². The maximum Gasteiger partial charge on any atom is 0.257 e. The predicted octanol–water partition coefficient (Wildman–Crippen LogP) is 4.77. The Balaban J connectivity index is 1.43. The number of benzene rings is 2. The Morgan fingerprint density at radius 2 is 1.95 bits per heavy atom. The summed E-state index contributed by atoms with van der Waals surface area (Å²) >= 11 is 6.14. The molecule has 0 radical (unpaired) electrons. The van der Waals surface area contributed by atoms with E-state index in [1.54, 1.807) is 61.7 Å². The van der Waals surface area contributed by atoms with Crippen LogP contribution in [-0.4, -0.2) is 38.6 Å². The Kier molecular flexibility index (Phi) is 7.53. The van der Waals surface area contributed by atoms with E-state index < -0.39 is 6.04 Å². The van der Waals surface area contributed by atoms with Crippen molar-refractivity contribution in [2.45, 2.75) is 25.9 Å². The van der Waals surface area contributed by atoms with E-state index in [9.17, 15) is 14.4 Å². The first-order valence-corrected chi connectivity index (χ1v) is 12.8. The average molecular weight is 551 g/mol. The normalized spacial score (nSPS) is 14.5. The molecule has 0 fully saturated rings. The molecule has 9 nitrogen and oxygen atoms in total. The van der Waals surface area contributed by atoms with Gasteiger partial charge in [-0.1, -0.05) is 29.8 Å². The fraction of sp³-hybridized carbons (Fsp3) is 0.133. The van der Waals surface area contributed by atoms with Gasteiger partial charge in [0.2, 0.25) is 5.91 Å². The molecule has 0 saturated carbocycles. The van der Waals surface area contributed by atoms with Crippen molar-refractivity contribution in [3.8, 4) is 6.07 Å². The zero-order chi connectivity index (χ0) is 28.2. The van der Waals surface area contributed by atoms with Gasteiger partial charge in [0.25, 0.3) is 11.8 Å². The molecule has 198 valence electrons. The first-order chi connectivity index (χ1) is 19.3. The number of rotatable bonds is 6. The zero-order valence-electron chi connectivity index (χ0n) is 21.4. The molecule has 40 heavy (non-hydrogen) atoms. The zero-order valence-corrected chi connectivity index (χ0v) is 22.1. The van der Waals surface area contributed by atoms with Crippen molar-refractivity contribution in [2.24, 2.45) is 0 Å². The summed E-state index contributed by atoms with van der Waals surface area (Å²) in [5.74, 6) is -0.699. The highest BCUT2D eigenvalue weighted by Crippen LogP contribution is 2.29. The van der Waals surface area contributed by atoms with Gasteiger partial charge in [0.15, 0.2) is 0 Å². The molecule has 4 aromatic rings. The predicted molar refractivity (Wildman–Crippen MR) is 150 cm³/mol. The number of carbonyl (C=O) groups excluding carboxylic acids is 3. The lowest BCUT2D eigenvalue weighted by molar-refractivity contribution is -0.120. The molecule has 0 bridgehead atoms. The first-order valence-electron chi connectivity index (χ1n) is 12.4.